The van der Waals surface area contributed by atoms with Crippen molar-refractivity contribution < 1.29 is 5.11 Å². The first kappa shape index (κ1) is 20.4. The van der Waals surface area contributed by atoms with E-state index in [1.807, 2.05) is 24.3 Å². The number of phenolic OH excluding ortho intramolecular Hbond substituents is 1. The van der Waals surface area contributed by atoms with Crippen molar-refractivity contribution in [3.63, 3.8) is 0 Å². The van der Waals surface area contributed by atoms with Crippen LogP contribution in [0.1, 0.15) is 76.3 Å². The molecule has 4 nitrogen and oxygen atoms in total. The van der Waals surface area contributed by atoms with E-state index in [1.165, 1.54) is 50.5 Å². The number of phenols is 1. The fourth-order valence-corrected chi connectivity index (χ4v) is 3.70. The summed E-state index contributed by atoms with van der Waals surface area (Å²) in [6.07, 6.45) is 11.7. The molecule has 0 aliphatic heterocycles. The minimum atomic E-state index is 0.328. The highest BCUT2D eigenvalue weighted by molar-refractivity contribution is 5.73. The van der Waals surface area contributed by atoms with Crippen molar-refractivity contribution in [1.82, 2.24) is 15.0 Å². The lowest BCUT2D eigenvalue weighted by Gasteiger charge is -2.13. The number of unbranched alkanes of at least 4 members (excludes halogenated alkanes) is 6. The van der Waals surface area contributed by atoms with Gasteiger partial charge in [0.15, 0.2) is 0 Å². The summed E-state index contributed by atoms with van der Waals surface area (Å²) < 4.78 is 0. The first-order chi connectivity index (χ1) is 13.7. The molecule has 0 radical (unpaired) electrons. The summed E-state index contributed by atoms with van der Waals surface area (Å²) in [7, 11) is 0. The van der Waals surface area contributed by atoms with Crippen molar-refractivity contribution in [3.05, 3.63) is 47.5 Å². The normalized spacial score (nSPS) is 11.4. The largest absolute Gasteiger partial charge is 0.505 e. The van der Waals surface area contributed by atoms with Crippen LogP contribution < -0.4 is 0 Å². The van der Waals surface area contributed by atoms with E-state index < -0.39 is 0 Å². The molecule has 0 saturated heterocycles. The summed E-state index contributed by atoms with van der Waals surface area (Å²) in [6, 6.07) is 12.1. The second kappa shape index (κ2) is 10.3. The number of hydrogen-bond acceptors (Lipinski definition) is 3. The zero-order chi connectivity index (χ0) is 19.8. The highest BCUT2D eigenvalue weighted by atomic mass is 16.3. The molecule has 150 valence electrons. The van der Waals surface area contributed by atoms with Crippen LogP contribution in [0.25, 0.3) is 16.7 Å². The first-order valence-corrected chi connectivity index (χ1v) is 10.9. The highest BCUT2D eigenvalue weighted by Crippen LogP contribution is 2.30. The second-order valence-electron chi connectivity index (χ2n) is 7.72. The van der Waals surface area contributed by atoms with Gasteiger partial charge < -0.3 is 5.11 Å². The van der Waals surface area contributed by atoms with E-state index in [1.54, 1.807) is 4.80 Å². The predicted octanol–water partition coefficient (Wildman–Crippen LogP) is 6.37. The van der Waals surface area contributed by atoms with Crippen LogP contribution in [0.5, 0.6) is 5.75 Å². The summed E-state index contributed by atoms with van der Waals surface area (Å²) in [5.74, 6) is 0.328. The Kier molecular flexibility index (Phi) is 7.46. The number of aryl methyl sites for hydroxylation is 2. The molecule has 0 atom stereocenters. The average molecular weight is 380 g/mol. The lowest BCUT2D eigenvalue weighted by molar-refractivity contribution is 0.458. The lowest BCUT2D eigenvalue weighted by Crippen LogP contribution is -2.03. The number of benzene rings is 2. The molecule has 2 aromatic carbocycles. The lowest BCUT2D eigenvalue weighted by atomic mass is 9.98. The Balaban J connectivity index is 1.89. The number of hydrogen-bond donors (Lipinski definition) is 1. The van der Waals surface area contributed by atoms with Crippen molar-refractivity contribution in [1.29, 1.82) is 0 Å². The van der Waals surface area contributed by atoms with Crippen LogP contribution in [0.3, 0.4) is 0 Å². The molecule has 0 fully saturated rings. The van der Waals surface area contributed by atoms with Crippen molar-refractivity contribution in [2.24, 2.45) is 0 Å². The monoisotopic (exact) mass is 379 g/mol. The first-order valence-electron chi connectivity index (χ1n) is 10.9. The molecule has 4 heteroatoms. The molecule has 0 bridgehead atoms. The fourth-order valence-electron chi connectivity index (χ4n) is 3.70. The van der Waals surface area contributed by atoms with Crippen molar-refractivity contribution >= 4 is 11.0 Å². The average Bonchev–Trinajstić information content (AvgIpc) is 3.14. The molecule has 28 heavy (non-hydrogen) atoms. The van der Waals surface area contributed by atoms with Crippen LogP contribution in [0.15, 0.2) is 36.4 Å². The SMILES string of the molecule is CCCCCCc1cc(CCCCCC)c(O)c(-n2nc3ccccc3n2)c1. The van der Waals surface area contributed by atoms with E-state index in [2.05, 4.69) is 36.2 Å². The van der Waals surface area contributed by atoms with Crippen molar-refractivity contribution in [2.75, 3.05) is 0 Å². The fraction of sp³-hybridized carbons (Fsp3) is 0.500. The topological polar surface area (TPSA) is 50.9 Å². The maximum Gasteiger partial charge on any atom is 0.146 e. The standard InChI is InChI=1S/C24H33N3O/c1-3-5-7-9-13-19-17-20(14-10-8-6-4-2)24(28)23(18-19)27-25-21-15-11-12-16-22(21)26-27/h11-12,15-18,28H,3-10,13-14H2,1-2H3. The van der Waals surface area contributed by atoms with Crippen LogP contribution >= 0.6 is 0 Å². The molecular weight excluding hydrogens is 346 g/mol. The van der Waals surface area contributed by atoms with Crippen molar-refractivity contribution in [2.45, 2.75) is 78.1 Å². The third kappa shape index (κ3) is 5.12. The highest BCUT2D eigenvalue weighted by Gasteiger charge is 2.14. The number of nitrogens with zero attached hydrogens (tertiary/aromatic N) is 3. The van der Waals surface area contributed by atoms with Gasteiger partial charge >= 0.3 is 0 Å². The molecule has 3 aromatic rings. The van der Waals surface area contributed by atoms with Gasteiger partial charge in [-0.25, -0.2) is 0 Å². The molecule has 1 N–H and O–H groups in total. The quantitative estimate of drug-likeness (QED) is 0.394. The molecule has 0 amide bonds. The molecule has 1 heterocycles. The Bertz CT molecular complexity index is 852. The Morgan fingerprint density at radius 1 is 0.786 bits per heavy atom. The van der Waals surface area contributed by atoms with Crippen LogP contribution in [0.4, 0.5) is 0 Å². The molecular formula is C24H33N3O. The third-order valence-corrected chi connectivity index (χ3v) is 5.35. The molecule has 0 unspecified atom stereocenters. The van der Waals surface area contributed by atoms with Gasteiger partial charge in [-0.1, -0.05) is 70.6 Å². The molecule has 0 aliphatic rings. The summed E-state index contributed by atoms with van der Waals surface area (Å²) in [6.45, 7) is 4.46. The summed E-state index contributed by atoms with van der Waals surface area (Å²) in [5.41, 5.74) is 4.70. The summed E-state index contributed by atoms with van der Waals surface area (Å²) >= 11 is 0. The summed E-state index contributed by atoms with van der Waals surface area (Å²) in [5, 5.41) is 20.1. The minimum absolute atomic E-state index is 0.328. The Morgan fingerprint density at radius 3 is 2.00 bits per heavy atom. The van der Waals surface area contributed by atoms with Gasteiger partial charge in [0.05, 0.1) is 0 Å². The van der Waals surface area contributed by atoms with Crippen LogP contribution in [0, 0.1) is 0 Å². The van der Waals surface area contributed by atoms with Crippen LogP contribution in [0.2, 0.25) is 0 Å². The van der Waals surface area contributed by atoms with Gasteiger partial charge in [0.25, 0.3) is 0 Å². The van der Waals surface area contributed by atoms with E-state index in [-0.39, 0.29) is 0 Å². The number of rotatable bonds is 11. The van der Waals surface area contributed by atoms with Gasteiger partial charge in [0.1, 0.15) is 22.5 Å². The van der Waals surface area contributed by atoms with E-state index >= 15 is 0 Å². The molecule has 1 aromatic heterocycles. The molecule has 0 aliphatic carbocycles. The molecule has 0 spiro atoms. The van der Waals surface area contributed by atoms with Gasteiger partial charge in [-0.05, 0) is 55.0 Å². The zero-order valence-corrected chi connectivity index (χ0v) is 17.3. The van der Waals surface area contributed by atoms with E-state index in [0.717, 1.165) is 35.9 Å². The van der Waals surface area contributed by atoms with Gasteiger partial charge in [0.2, 0.25) is 0 Å². The molecule has 0 saturated carbocycles. The van der Waals surface area contributed by atoms with E-state index in [9.17, 15) is 5.11 Å². The molecule has 3 rings (SSSR count). The Morgan fingerprint density at radius 2 is 1.39 bits per heavy atom. The zero-order valence-electron chi connectivity index (χ0n) is 17.3. The Labute approximate surface area is 168 Å². The van der Waals surface area contributed by atoms with Gasteiger partial charge in [-0.15, -0.1) is 15.0 Å². The van der Waals surface area contributed by atoms with Crippen LogP contribution in [-0.4, -0.2) is 20.1 Å². The minimum Gasteiger partial charge on any atom is -0.505 e. The van der Waals surface area contributed by atoms with E-state index in [4.69, 9.17) is 0 Å². The maximum absolute atomic E-state index is 11.0. The third-order valence-electron chi connectivity index (χ3n) is 5.35. The van der Waals surface area contributed by atoms with Gasteiger partial charge in [-0.3, -0.25) is 0 Å². The van der Waals surface area contributed by atoms with Crippen LogP contribution in [-0.2, 0) is 12.8 Å². The Hall–Kier alpha value is -2.36. The predicted molar refractivity (Wildman–Crippen MR) is 116 cm³/mol. The maximum atomic E-state index is 11.0. The van der Waals surface area contributed by atoms with E-state index in [0.29, 0.717) is 11.4 Å². The number of aromatic hydroxyl groups is 1. The van der Waals surface area contributed by atoms with Gasteiger partial charge in [-0.2, -0.15) is 0 Å². The second-order valence-corrected chi connectivity index (χ2v) is 7.72. The smallest absolute Gasteiger partial charge is 0.146 e. The number of fused-ring (bicyclic) bond motifs is 1. The number of aromatic nitrogens is 3. The van der Waals surface area contributed by atoms with Crippen molar-refractivity contribution in [3.8, 4) is 11.4 Å². The summed E-state index contributed by atoms with van der Waals surface area (Å²) in [4.78, 5) is 1.60. The van der Waals surface area contributed by atoms with Gasteiger partial charge in [0, 0.05) is 0 Å².